The molecule has 1 fully saturated rings. The van der Waals surface area contributed by atoms with Gasteiger partial charge in [-0.05, 0) is 44.0 Å². The molecule has 5 nitrogen and oxygen atoms in total. The maximum atomic E-state index is 12.6. The lowest BCUT2D eigenvalue weighted by Gasteiger charge is -2.34. The quantitative estimate of drug-likeness (QED) is 0.842. The molecule has 0 bridgehead atoms. The molecule has 1 saturated heterocycles. The van der Waals surface area contributed by atoms with Crippen molar-refractivity contribution in [2.45, 2.75) is 20.8 Å². The monoisotopic (exact) mass is 343 g/mol. The van der Waals surface area contributed by atoms with E-state index in [1.165, 1.54) is 16.9 Å². The summed E-state index contributed by atoms with van der Waals surface area (Å²) in [4.78, 5) is 32.9. The first kappa shape index (κ1) is 16.6. The molecule has 1 aliphatic heterocycles. The largest absolute Gasteiger partial charge is 0.335 e. The van der Waals surface area contributed by atoms with E-state index >= 15 is 0 Å². The maximum absolute atomic E-state index is 12.6. The van der Waals surface area contributed by atoms with E-state index in [0.29, 0.717) is 37.4 Å². The van der Waals surface area contributed by atoms with E-state index in [1.54, 1.807) is 10.3 Å². The van der Waals surface area contributed by atoms with Crippen molar-refractivity contribution in [3.63, 3.8) is 0 Å². The molecule has 24 heavy (non-hydrogen) atoms. The highest BCUT2D eigenvalue weighted by atomic mass is 32.1. The Morgan fingerprint density at radius 2 is 1.58 bits per heavy atom. The van der Waals surface area contributed by atoms with E-state index in [0.717, 1.165) is 10.6 Å². The predicted octanol–water partition coefficient (Wildman–Crippen LogP) is 2.67. The van der Waals surface area contributed by atoms with Crippen molar-refractivity contribution in [1.82, 2.24) is 14.8 Å². The van der Waals surface area contributed by atoms with Crippen LogP contribution in [0.4, 0.5) is 0 Å². The molecule has 0 aliphatic carbocycles. The fraction of sp³-hybridized carbons (Fsp3) is 0.389. The zero-order chi connectivity index (χ0) is 17.3. The van der Waals surface area contributed by atoms with Crippen LogP contribution in [0.15, 0.2) is 23.6 Å². The number of amides is 2. The average Bonchev–Trinajstić information content (AvgIpc) is 3.02. The van der Waals surface area contributed by atoms with Gasteiger partial charge >= 0.3 is 0 Å². The highest BCUT2D eigenvalue weighted by Gasteiger charge is 2.26. The molecule has 2 amide bonds. The summed E-state index contributed by atoms with van der Waals surface area (Å²) in [6, 6.07) is 5.79. The second-order valence-electron chi connectivity index (χ2n) is 6.14. The van der Waals surface area contributed by atoms with Crippen LogP contribution in [0.25, 0.3) is 0 Å². The minimum atomic E-state index is -0.0439. The number of aromatic nitrogens is 1. The van der Waals surface area contributed by atoms with Crippen molar-refractivity contribution in [2.75, 3.05) is 26.2 Å². The van der Waals surface area contributed by atoms with Gasteiger partial charge in [0, 0.05) is 37.1 Å². The molecule has 0 N–H and O–H groups in total. The third kappa shape index (κ3) is 3.33. The highest BCUT2D eigenvalue weighted by molar-refractivity contribution is 7.09. The first-order valence-electron chi connectivity index (χ1n) is 8.03. The molecule has 2 aromatic rings. The lowest BCUT2D eigenvalue weighted by Crippen LogP contribution is -2.50. The number of hydrogen-bond acceptors (Lipinski definition) is 4. The second kappa shape index (κ2) is 6.73. The lowest BCUT2D eigenvalue weighted by molar-refractivity contribution is 0.0532. The van der Waals surface area contributed by atoms with Gasteiger partial charge in [0.1, 0.15) is 5.69 Å². The minimum absolute atomic E-state index is 0.0368. The van der Waals surface area contributed by atoms with E-state index in [-0.39, 0.29) is 11.8 Å². The fourth-order valence-electron chi connectivity index (χ4n) is 2.79. The van der Waals surface area contributed by atoms with Gasteiger partial charge in [-0.2, -0.15) is 0 Å². The molecule has 1 aromatic heterocycles. The summed E-state index contributed by atoms with van der Waals surface area (Å²) in [7, 11) is 0. The summed E-state index contributed by atoms with van der Waals surface area (Å²) in [5.74, 6) is -0.00710. The number of rotatable bonds is 2. The Kier molecular flexibility index (Phi) is 4.66. The maximum Gasteiger partial charge on any atom is 0.273 e. The normalized spacial score (nSPS) is 14.8. The van der Waals surface area contributed by atoms with Gasteiger partial charge in [-0.15, -0.1) is 11.3 Å². The molecule has 1 aromatic carbocycles. The van der Waals surface area contributed by atoms with E-state index in [1.807, 2.05) is 43.9 Å². The molecule has 126 valence electrons. The van der Waals surface area contributed by atoms with Gasteiger partial charge in [-0.1, -0.05) is 6.07 Å². The highest BCUT2D eigenvalue weighted by Crippen LogP contribution is 2.15. The first-order valence-corrected chi connectivity index (χ1v) is 8.91. The number of carbonyl (C=O) groups excluding carboxylic acids is 2. The van der Waals surface area contributed by atoms with Gasteiger partial charge in [0.25, 0.3) is 11.8 Å². The molecular weight excluding hydrogens is 322 g/mol. The third-order valence-corrected chi connectivity index (χ3v) is 5.22. The van der Waals surface area contributed by atoms with Crippen LogP contribution in [0.5, 0.6) is 0 Å². The van der Waals surface area contributed by atoms with Crippen LogP contribution in [0.3, 0.4) is 0 Å². The van der Waals surface area contributed by atoms with Crippen molar-refractivity contribution in [1.29, 1.82) is 0 Å². The van der Waals surface area contributed by atoms with E-state index in [2.05, 4.69) is 4.98 Å². The number of piperazine rings is 1. The number of thiazole rings is 1. The number of carbonyl (C=O) groups is 2. The molecule has 0 saturated carbocycles. The van der Waals surface area contributed by atoms with Crippen LogP contribution in [-0.4, -0.2) is 52.8 Å². The van der Waals surface area contributed by atoms with Crippen molar-refractivity contribution in [3.8, 4) is 0 Å². The standard InChI is InChI=1S/C18H21N3O2S/c1-12-4-5-15(10-13(12)2)17(22)20-6-8-21(9-7-20)18(23)16-11-24-14(3)19-16/h4-5,10-11H,6-9H2,1-3H3. The number of hydrogen-bond donors (Lipinski definition) is 0. The number of aryl methyl sites for hydroxylation is 3. The SMILES string of the molecule is Cc1nc(C(=O)N2CCN(C(=O)c3ccc(C)c(C)c3)CC2)cs1. The minimum Gasteiger partial charge on any atom is -0.335 e. The van der Waals surface area contributed by atoms with Gasteiger partial charge in [-0.25, -0.2) is 4.98 Å². The summed E-state index contributed by atoms with van der Waals surface area (Å²) < 4.78 is 0. The molecule has 0 unspecified atom stereocenters. The molecular formula is C18H21N3O2S. The Hall–Kier alpha value is -2.21. The Morgan fingerprint density at radius 1 is 0.958 bits per heavy atom. The smallest absolute Gasteiger partial charge is 0.273 e. The third-order valence-electron chi connectivity index (χ3n) is 4.45. The Labute approximate surface area is 145 Å². The Bertz CT molecular complexity index is 776. The van der Waals surface area contributed by atoms with E-state index in [4.69, 9.17) is 0 Å². The summed E-state index contributed by atoms with van der Waals surface area (Å²) in [5, 5.41) is 2.69. The van der Waals surface area contributed by atoms with Gasteiger partial charge in [0.2, 0.25) is 0 Å². The first-order chi connectivity index (χ1) is 11.5. The zero-order valence-electron chi connectivity index (χ0n) is 14.2. The Balaban J connectivity index is 1.63. The van der Waals surface area contributed by atoms with Gasteiger partial charge in [-0.3, -0.25) is 9.59 Å². The van der Waals surface area contributed by atoms with Gasteiger partial charge in [0.05, 0.1) is 5.01 Å². The summed E-state index contributed by atoms with van der Waals surface area (Å²) in [6.07, 6.45) is 0. The summed E-state index contributed by atoms with van der Waals surface area (Å²) >= 11 is 1.48. The zero-order valence-corrected chi connectivity index (χ0v) is 15.0. The van der Waals surface area contributed by atoms with Crippen LogP contribution in [0.2, 0.25) is 0 Å². The molecule has 1 aliphatic rings. The molecule has 0 atom stereocenters. The topological polar surface area (TPSA) is 53.5 Å². The van der Waals surface area contributed by atoms with Crippen LogP contribution in [-0.2, 0) is 0 Å². The van der Waals surface area contributed by atoms with Crippen LogP contribution >= 0.6 is 11.3 Å². The van der Waals surface area contributed by atoms with Crippen LogP contribution < -0.4 is 0 Å². The van der Waals surface area contributed by atoms with Gasteiger partial charge < -0.3 is 9.80 Å². The van der Waals surface area contributed by atoms with E-state index < -0.39 is 0 Å². The number of benzene rings is 1. The van der Waals surface area contributed by atoms with Crippen LogP contribution in [0, 0.1) is 20.8 Å². The molecule has 6 heteroatoms. The Morgan fingerprint density at radius 3 is 2.12 bits per heavy atom. The van der Waals surface area contributed by atoms with Crippen molar-refractivity contribution < 1.29 is 9.59 Å². The average molecular weight is 343 g/mol. The lowest BCUT2D eigenvalue weighted by atomic mass is 10.1. The second-order valence-corrected chi connectivity index (χ2v) is 7.20. The van der Waals surface area contributed by atoms with Crippen molar-refractivity contribution in [2.24, 2.45) is 0 Å². The predicted molar refractivity (Wildman–Crippen MR) is 94.6 cm³/mol. The summed E-state index contributed by atoms with van der Waals surface area (Å²) in [6.45, 7) is 8.15. The van der Waals surface area contributed by atoms with Crippen molar-refractivity contribution >= 4 is 23.2 Å². The fourth-order valence-corrected chi connectivity index (χ4v) is 3.38. The van der Waals surface area contributed by atoms with E-state index in [9.17, 15) is 9.59 Å². The molecule has 0 spiro atoms. The molecule has 2 heterocycles. The summed E-state index contributed by atoms with van der Waals surface area (Å²) in [5.41, 5.74) is 3.52. The van der Waals surface area contributed by atoms with Crippen LogP contribution in [0.1, 0.15) is 37.0 Å². The molecule has 3 rings (SSSR count). The number of nitrogens with zero attached hydrogens (tertiary/aromatic N) is 3. The van der Waals surface area contributed by atoms with Crippen molar-refractivity contribution in [3.05, 3.63) is 51.0 Å². The van der Waals surface area contributed by atoms with Gasteiger partial charge in [0.15, 0.2) is 0 Å². The molecule has 0 radical (unpaired) electrons.